The van der Waals surface area contributed by atoms with Gasteiger partial charge >= 0.3 is 0 Å². The van der Waals surface area contributed by atoms with Crippen LogP contribution >= 0.6 is 23.1 Å². The number of fused-ring (bicyclic) bond motifs is 3. The highest BCUT2D eigenvalue weighted by Crippen LogP contribution is 2.24. The molecule has 3 aromatic heterocycles. The molecule has 0 bridgehead atoms. The number of carbonyl (C=O) groups excluding carboxylic acids is 1. The second-order valence-corrected chi connectivity index (χ2v) is 7.85. The van der Waals surface area contributed by atoms with Crippen molar-refractivity contribution in [2.75, 3.05) is 5.75 Å². The van der Waals surface area contributed by atoms with Crippen LogP contribution in [0, 0.1) is 5.82 Å². The lowest BCUT2D eigenvalue weighted by Gasteiger charge is -2.07. The summed E-state index contributed by atoms with van der Waals surface area (Å²) in [5.74, 6) is 0.137. The van der Waals surface area contributed by atoms with E-state index in [9.17, 15) is 14.0 Å². The van der Waals surface area contributed by atoms with Gasteiger partial charge in [0.15, 0.2) is 5.16 Å². The predicted octanol–water partition coefficient (Wildman–Crippen LogP) is 2.67. The fourth-order valence-corrected chi connectivity index (χ4v) is 4.46. The molecule has 0 unspecified atom stereocenters. The van der Waals surface area contributed by atoms with Crippen LogP contribution in [0.5, 0.6) is 0 Å². The normalized spacial score (nSPS) is 11.4. The average molecular weight is 417 g/mol. The maximum absolute atomic E-state index is 12.9. The third kappa shape index (κ3) is 3.40. The Balaban J connectivity index is 1.52. The van der Waals surface area contributed by atoms with Crippen molar-refractivity contribution >= 4 is 45.0 Å². The smallest absolute Gasteiger partial charge is 0.272 e. The van der Waals surface area contributed by atoms with Gasteiger partial charge in [-0.25, -0.2) is 4.39 Å². The van der Waals surface area contributed by atoms with Gasteiger partial charge in [0.25, 0.3) is 5.56 Å². The van der Waals surface area contributed by atoms with Crippen LogP contribution in [-0.2, 0) is 17.9 Å². The predicted molar refractivity (Wildman–Crippen MR) is 107 cm³/mol. The number of thioether (sulfide) groups is 1. The van der Waals surface area contributed by atoms with Crippen LogP contribution in [0.1, 0.15) is 12.5 Å². The molecule has 1 N–H and O–H groups in total. The van der Waals surface area contributed by atoms with Crippen molar-refractivity contribution in [1.29, 1.82) is 0 Å². The molecule has 0 fully saturated rings. The molecule has 4 aromatic rings. The molecular weight excluding hydrogens is 401 g/mol. The van der Waals surface area contributed by atoms with Gasteiger partial charge in [0.2, 0.25) is 11.7 Å². The van der Waals surface area contributed by atoms with Gasteiger partial charge in [-0.2, -0.15) is 0 Å². The summed E-state index contributed by atoms with van der Waals surface area (Å²) in [6.45, 7) is 2.69. The van der Waals surface area contributed by atoms with Gasteiger partial charge in [0.1, 0.15) is 10.5 Å². The van der Waals surface area contributed by atoms with Crippen LogP contribution < -0.4 is 10.9 Å². The molecule has 0 spiro atoms. The number of benzene rings is 1. The number of hydrogen-bond donors (Lipinski definition) is 1. The van der Waals surface area contributed by atoms with Crippen molar-refractivity contribution in [3.63, 3.8) is 0 Å². The molecule has 1 aromatic carbocycles. The maximum atomic E-state index is 12.9. The van der Waals surface area contributed by atoms with Gasteiger partial charge in [-0.05, 0) is 36.1 Å². The Morgan fingerprint density at radius 3 is 2.79 bits per heavy atom. The van der Waals surface area contributed by atoms with E-state index in [0.717, 1.165) is 11.1 Å². The highest BCUT2D eigenvalue weighted by Gasteiger charge is 2.17. The van der Waals surface area contributed by atoms with Crippen molar-refractivity contribution in [3.05, 3.63) is 57.4 Å². The molecule has 7 nitrogen and oxygen atoms in total. The largest absolute Gasteiger partial charge is 0.351 e. The number of aromatic nitrogens is 4. The number of carbonyl (C=O) groups is 1. The second kappa shape index (κ2) is 7.72. The van der Waals surface area contributed by atoms with Crippen molar-refractivity contribution in [2.24, 2.45) is 0 Å². The zero-order valence-corrected chi connectivity index (χ0v) is 16.5. The van der Waals surface area contributed by atoms with Gasteiger partial charge in [-0.15, -0.1) is 21.5 Å². The van der Waals surface area contributed by atoms with E-state index in [2.05, 4.69) is 15.5 Å². The third-order valence-electron chi connectivity index (χ3n) is 4.23. The quantitative estimate of drug-likeness (QED) is 0.488. The van der Waals surface area contributed by atoms with Crippen LogP contribution in [0.4, 0.5) is 4.39 Å². The molecule has 10 heteroatoms. The van der Waals surface area contributed by atoms with Crippen LogP contribution in [0.25, 0.3) is 16.0 Å². The Morgan fingerprint density at radius 1 is 1.25 bits per heavy atom. The molecule has 0 atom stereocenters. The monoisotopic (exact) mass is 417 g/mol. The molecule has 4 rings (SSSR count). The number of nitrogens with zero attached hydrogens (tertiary/aromatic N) is 4. The van der Waals surface area contributed by atoms with Crippen molar-refractivity contribution in [2.45, 2.75) is 25.2 Å². The minimum Gasteiger partial charge on any atom is -0.351 e. The summed E-state index contributed by atoms with van der Waals surface area (Å²) in [6, 6.07) is 7.84. The van der Waals surface area contributed by atoms with E-state index in [4.69, 9.17) is 0 Å². The molecule has 3 heterocycles. The first-order valence-electron chi connectivity index (χ1n) is 8.57. The molecule has 0 saturated heterocycles. The van der Waals surface area contributed by atoms with Crippen molar-refractivity contribution in [1.82, 2.24) is 24.5 Å². The van der Waals surface area contributed by atoms with Crippen molar-refractivity contribution in [3.8, 4) is 0 Å². The van der Waals surface area contributed by atoms with Crippen LogP contribution in [0.2, 0.25) is 0 Å². The SMILES string of the molecule is CCn1c(=O)c2sccc2n2c(SCC(=O)NCc3ccc(F)cc3)nnc12. The lowest BCUT2D eigenvalue weighted by Crippen LogP contribution is -2.24. The van der Waals surface area contributed by atoms with E-state index in [1.165, 1.54) is 35.2 Å². The molecule has 0 aliphatic carbocycles. The van der Waals surface area contributed by atoms with E-state index >= 15 is 0 Å². The molecule has 0 aliphatic heterocycles. The Hall–Kier alpha value is -2.72. The summed E-state index contributed by atoms with van der Waals surface area (Å²) in [5, 5.41) is 13.5. The highest BCUT2D eigenvalue weighted by atomic mass is 32.2. The minimum absolute atomic E-state index is 0.0824. The highest BCUT2D eigenvalue weighted by molar-refractivity contribution is 7.99. The first-order chi connectivity index (χ1) is 13.6. The average Bonchev–Trinajstić information content (AvgIpc) is 3.33. The maximum Gasteiger partial charge on any atom is 0.272 e. The Labute approximate surface area is 167 Å². The van der Waals surface area contributed by atoms with Gasteiger partial charge in [-0.3, -0.25) is 18.6 Å². The van der Waals surface area contributed by atoms with Crippen molar-refractivity contribution < 1.29 is 9.18 Å². The van der Waals surface area contributed by atoms with Gasteiger partial charge in [0, 0.05) is 13.1 Å². The van der Waals surface area contributed by atoms with Gasteiger partial charge in [-0.1, -0.05) is 23.9 Å². The third-order valence-corrected chi connectivity index (χ3v) is 6.05. The Bertz CT molecular complexity index is 1210. The number of rotatable bonds is 6. The van der Waals surface area contributed by atoms with E-state index in [0.29, 0.717) is 28.7 Å². The molecular formula is C18H16FN5O2S2. The number of thiophene rings is 1. The van der Waals surface area contributed by atoms with Crippen LogP contribution in [0.15, 0.2) is 45.7 Å². The van der Waals surface area contributed by atoms with Crippen LogP contribution in [-0.4, -0.2) is 30.8 Å². The molecule has 28 heavy (non-hydrogen) atoms. The topological polar surface area (TPSA) is 81.3 Å². The standard InChI is InChI=1S/C18H16FN5O2S2/c1-2-23-16(26)15-13(7-8-27-15)24-17(23)21-22-18(24)28-10-14(25)20-9-11-3-5-12(19)6-4-11/h3-8H,2,9-10H2,1H3,(H,20,25). The fraction of sp³-hybridized carbons (Fsp3) is 0.222. The van der Waals surface area contributed by atoms with Gasteiger partial charge in [0.05, 0.1) is 11.3 Å². The summed E-state index contributed by atoms with van der Waals surface area (Å²) in [6.07, 6.45) is 0. The molecule has 0 aliphatic rings. The molecule has 1 amide bonds. The fourth-order valence-electron chi connectivity index (χ4n) is 2.86. The zero-order valence-electron chi connectivity index (χ0n) is 14.9. The first-order valence-corrected chi connectivity index (χ1v) is 10.4. The molecule has 0 saturated carbocycles. The lowest BCUT2D eigenvalue weighted by atomic mass is 10.2. The van der Waals surface area contributed by atoms with E-state index < -0.39 is 0 Å². The minimum atomic E-state index is -0.311. The summed E-state index contributed by atoms with van der Waals surface area (Å²) in [7, 11) is 0. The number of halogens is 1. The Kier molecular flexibility index (Phi) is 5.14. The number of nitrogens with one attached hydrogen (secondary N) is 1. The number of aryl methyl sites for hydroxylation is 1. The van der Waals surface area contributed by atoms with E-state index in [-0.39, 0.29) is 23.0 Å². The summed E-state index contributed by atoms with van der Waals surface area (Å²) < 4.78 is 17.0. The molecule has 0 radical (unpaired) electrons. The number of hydrogen-bond acceptors (Lipinski definition) is 6. The van der Waals surface area contributed by atoms with E-state index in [1.807, 2.05) is 22.8 Å². The summed E-state index contributed by atoms with van der Waals surface area (Å²) >= 11 is 2.63. The van der Waals surface area contributed by atoms with Gasteiger partial charge < -0.3 is 5.32 Å². The molecule has 144 valence electrons. The zero-order chi connectivity index (χ0) is 19.7. The summed E-state index contributed by atoms with van der Waals surface area (Å²) in [5.41, 5.74) is 1.48. The summed E-state index contributed by atoms with van der Waals surface area (Å²) in [4.78, 5) is 24.7. The number of amides is 1. The van der Waals surface area contributed by atoms with E-state index in [1.54, 1.807) is 16.7 Å². The second-order valence-electron chi connectivity index (χ2n) is 5.99. The Morgan fingerprint density at radius 2 is 2.04 bits per heavy atom. The van der Waals surface area contributed by atoms with Crippen LogP contribution in [0.3, 0.4) is 0 Å². The first kappa shape index (κ1) is 18.6. The lowest BCUT2D eigenvalue weighted by molar-refractivity contribution is -0.118.